The number of nitrogens with zero attached hydrogens (tertiary/aromatic N) is 5. The maximum absolute atomic E-state index is 11.4. The SMILES string of the molecule is CNC(=O)COc1ccc([C@H](C)n2nnc3cnc4ccc(-c5ccc6ocnc6c5)cc4c32)cc1. The van der Waals surface area contributed by atoms with E-state index in [1.807, 2.05) is 53.2 Å². The minimum Gasteiger partial charge on any atom is -0.484 e. The van der Waals surface area contributed by atoms with Crippen LogP contribution < -0.4 is 10.1 Å². The monoisotopic (exact) mass is 478 g/mol. The molecule has 0 bridgehead atoms. The molecule has 6 rings (SSSR count). The van der Waals surface area contributed by atoms with Gasteiger partial charge in [0.2, 0.25) is 0 Å². The molecule has 9 nitrogen and oxygen atoms in total. The first kappa shape index (κ1) is 21.7. The van der Waals surface area contributed by atoms with Crippen LogP contribution in [0.25, 0.3) is 44.2 Å². The lowest BCUT2D eigenvalue weighted by atomic mass is 10.0. The molecule has 6 aromatic rings. The molecule has 0 aliphatic carbocycles. The van der Waals surface area contributed by atoms with Crippen molar-refractivity contribution in [2.45, 2.75) is 13.0 Å². The number of hydrogen-bond acceptors (Lipinski definition) is 7. The Labute approximate surface area is 205 Å². The van der Waals surface area contributed by atoms with Crippen molar-refractivity contribution in [3.8, 4) is 16.9 Å². The number of carbonyl (C=O) groups excluding carboxylic acids is 1. The molecule has 1 N–H and O–H groups in total. The molecule has 1 atom stereocenters. The van der Waals surface area contributed by atoms with Crippen molar-refractivity contribution in [1.29, 1.82) is 0 Å². The summed E-state index contributed by atoms with van der Waals surface area (Å²) in [6.45, 7) is 2.05. The number of fused-ring (bicyclic) bond motifs is 4. The van der Waals surface area contributed by atoms with E-state index in [0.717, 1.165) is 49.7 Å². The van der Waals surface area contributed by atoms with Gasteiger partial charge in [0.15, 0.2) is 18.6 Å². The third-order valence-electron chi connectivity index (χ3n) is 6.34. The predicted molar refractivity (Wildman–Crippen MR) is 136 cm³/mol. The predicted octanol–water partition coefficient (Wildman–Crippen LogP) is 4.52. The average Bonchev–Trinajstić information content (AvgIpc) is 3.58. The summed E-state index contributed by atoms with van der Waals surface area (Å²) in [4.78, 5) is 20.3. The smallest absolute Gasteiger partial charge is 0.257 e. The molecule has 3 aromatic carbocycles. The Morgan fingerprint density at radius 1 is 1.00 bits per heavy atom. The second-order valence-electron chi connectivity index (χ2n) is 8.50. The molecule has 0 unspecified atom stereocenters. The van der Waals surface area contributed by atoms with Gasteiger partial charge in [-0.3, -0.25) is 9.78 Å². The summed E-state index contributed by atoms with van der Waals surface area (Å²) >= 11 is 0. The highest BCUT2D eigenvalue weighted by atomic mass is 16.5. The summed E-state index contributed by atoms with van der Waals surface area (Å²) in [6.07, 6.45) is 3.21. The zero-order valence-corrected chi connectivity index (χ0v) is 19.7. The minimum absolute atomic E-state index is 0.0238. The van der Waals surface area contributed by atoms with E-state index in [1.54, 1.807) is 13.2 Å². The Morgan fingerprint density at radius 3 is 2.64 bits per heavy atom. The standard InChI is InChI=1S/C27H22N6O3/c1-16(17-3-7-20(8-4-17)35-14-26(34)28-2)33-27-21-11-18(5-9-22(21)29-13-24(27)31-32-33)19-6-10-25-23(12-19)30-15-36-25/h3-13,15-16H,14H2,1-2H3,(H,28,34)/t16-/m0/s1. The van der Waals surface area contributed by atoms with E-state index in [4.69, 9.17) is 9.15 Å². The zero-order valence-electron chi connectivity index (χ0n) is 19.7. The summed E-state index contributed by atoms with van der Waals surface area (Å²) < 4.78 is 12.8. The molecular formula is C27H22N6O3. The van der Waals surface area contributed by atoms with Crippen LogP contribution in [0, 0.1) is 0 Å². The van der Waals surface area contributed by atoms with Gasteiger partial charge in [-0.05, 0) is 60.0 Å². The molecule has 0 aliphatic heterocycles. The van der Waals surface area contributed by atoms with Gasteiger partial charge in [0.1, 0.15) is 22.3 Å². The number of oxazole rings is 1. The van der Waals surface area contributed by atoms with E-state index in [2.05, 4.69) is 44.7 Å². The van der Waals surface area contributed by atoms with E-state index >= 15 is 0 Å². The number of pyridine rings is 1. The fourth-order valence-corrected chi connectivity index (χ4v) is 4.32. The second-order valence-corrected chi connectivity index (χ2v) is 8.50. The van der Waals surface area contributed by atoms with E-state index in [1.165, 1.54) is 6.39 Å². The number of likely N-dealkylation sites (N-methyl/N-ethyl adjacent to an activating group) is 1. The van der Waals surface area contributed by atoms with Crippen LogP contribution >= 0.6 is 0 Å². The first-order chi connectivity index (χ1) is 17.6. The molecule has 178 valence electrons. The number of ether oxygens (including phenoxy) is 1. The maximum Gasteiger partial charge on any atom is 0.257 e. The van der Waals surface area contributed by atoms with E-state index in [-0.39, 0.29) is 18.6 Å². The van der Waals surface area contributed by atoms with E-state index < -0.39 is 0 Å². The second kappa shape index (κ2) is 8.77. The van der Waals surface area contributed by atoms with Gasteiger partial charge in [-0.25, -0.2) is 9.67 Å². The zero-order chi connectivity index (χ0) is 24.6. The normalized spacial score (nSPS) is 12.3. The van der Waals surface area contributed by atoms with Gasteiger partial charge in [-0.15, -0.1) is 5.10 Å². The molecular weight excluding hydrogens is 456 g/mol. The maximum atomic E-state index is 11.4. The van der Waals surface area contributed by atoms with Crippen molar-refractivity contribution in [3.63, 3.8) is 0 Å². The quantitative estimate of drug-likeness (QED) is 0.375. The van der Waals surface area contributed by atoms with Gasteiger partial charge in [-0.2, -0.15) is 0 Å². The van der Waals surface area contributed by atoms with Crippen LogP contribution in [0.2, 0.25) is 0 Å². The Morgan fingerprint density at radius 2 is 1.81 bits per heavy atom. The van der Waals surface area contributed by atoms with Crippen LogP contribution in [-0.2, 0) is 4.79 Å². The molecule has 1 amide bonds. The summed E-state index contributed by atoms with van der Waals surface area (Å²) in [5, 5.41) is 12.4. The van der Waals surface area contributed by atoms with Crippen LogP contribution in [0.1, 0.15) is 18.5 Å². The fraction of sp³-hybridized carbons (Fsp3) is 0.148. The van der Waals surface area contributed by atoms with Gasteiger partial charge >= 0.3 is 0 Å². The number of amides is 1. The van der Waals surface area contributed by atoms with Crippen LogP contribution in [0.15, 0.2) is 77.7 Å². The van der Waals surface area contributed by atoms with Crippen LogP contribution in [0.5, 0.6) is 5.75 Å². The summed E-state index contributed by atoms with van der Waals surface area (Å²) in [7, 11) is 1.58. The van der Waals surface area contributed by atoms with Crippen molar-refractivity contribution in [2.75, 3.05) is 13.7 Å². The largest absolute Gasteiger partial charge is 0.484 e. The highest BCUT2D eigenvalue weighted by Gasteiger charge is 2.17. The van der Waals surface area contributed by atoms with Crippen molar-refractivity contribution >= 4 is 38.9 Å². The number of nitrogens with one attached hydrogen (secondary N) is 1. The molecule has 0 saturated carbocycles. The first-order valence-corrected chi connectivity index (χ1v) is 11.5. The number of carbonyl (C=O) groups is 1. The topological polar surface area (TPSA) is 108 Å². The minimum atomic E-state index is -0.178. The molecule has 3 aromatic heterocycles. The lowest BCUT2D eigenvalue weighted by Gasteiger charge is -2.15. The van der Waals surface area contributed by atoms with Gasteiger partial charge in [-0.1, -0.05) is 29.5 Å². The molecule has 0 spiro atoms. The third kappa shape index (κ3) is 3.80. The van der Waals surface area contributed by atoms with E-state index in [0.29, 0.717) is 5.75 Å². The van der Waals surface area contributed by atoms with Gasteiger partial charge in [0.25, 0.3) is 5.91 Å². The lowest BCUT2D eigenvalue weighted by molar-refractivity contribution is -0.122. The Bertz CT molecular complexity index is 1720. The fourth-order valence-electron chi connectivity index (χ4n) is 4.32. The summed E-state index contributed by atoms with van der Waals surface area (Å²) in [5.41, 5.74) is 7.18. The third-order valence-corrected chi connectivity index (χ3v) is 6.34. The molecule has 9 heteroatoms. The van der Waals surface area contributed by atoms with Crippen molar-refractivity contribution < 1.29 is 13.9 Å². The van der Waals surface area contributed by atoms with E-state index in [9.17, 15) is 4.79 Å². The molecule has 36 heavy (non-hydrogen) atoms. The number of benzene rings is 3. The molecule has 0 radical (unpaired) electrons. The Balaban J connectivity index is 1.38. The lowest BCUT2D eigenvalue weighted by Crippen LogP contribution is -2.24. The van der Waals surface area contributed by atoms with Crippen molar-refractivity contribution in [3.05, 3.63) is 78.8 Å². The Kier molecular flexibility index (Phi) is 5.29. The molecule has 3 heterocycles. The average molecular weight is 479 g/mol. The van der Waals surface area contributed by atoms with Gasteiger partial charge in [0.05, 0.1) is 17.8 Å². The molecule has 0 aliphatic rings. The first-order valence-electron chi connectivity index (χ1n) is 11.5. The van der Waals surface area contributed by atoms with Crippen LogP contribution in [0.3, 0.4) is 0 Å². The number of rotatable bonds is 6. The van der Waals surface area contributed by atoms with Crippen LogP contribution in [-0.4, -0.2) is 44.5 Å². The van der Waals surface area contributed by atoms with Crippen molar-refractivity contribution in [2.24, 2.45) is 0 Å². The summed E-state index contributed by atoms with van der Waals surface area (Å²) in [6, 6.07) is 19.7. The van der Waals surface area contributed by atoms with Crippen molar-refractivity contribution in [1.82, 2.24) is 30.3 Å². The molecule has 0 fully saturated rings. The highest BCUT2D eigenvalue weighted by molar-refractivity contribution is 6.03. The summed E-state index contributed by atoms with van der Waals surface area (Å²) in [5.74, 6) is 0.448. The number of aromatic nitrogens is 5. The number of hydrogen-bond donors (Lipinski definition) is 1. The highest BCUT2D eigenvalue weighted by Crippen LogP contribution is 2.32. The van der Waals surface area contributed by atoms with Gasteiger partial charge < -0.3 is 14.5 Å². The Hall–Kier alpha value is -4.79. The van der Waals surface area contributed by atoms with Crippen LogP contribution in [0.4, 0.5) is 0 Å². The van der Waals surface area contributed by atoms with Gasteiger partial charge in [0, 0.05) is 12.4 Å². The molecule has 0 saturated heterocycles.